The van der Waals surface area contributed by atoms with Crippen LogP contribution in [0.2, 0.25) is 0 Å². The summed E-state index contributed by atoms with van der Waals surface area (Å²) >= 11 is 1.58. The number of anilines is 2. The van der Waals surface area contributed by atoms with Gasteiger partial charge in [-0.2, -0.15) is 0 Å². The zero-order valence-corrected chi connectivity index (χ0v) is 17.5. The van der Waals surface area contributed by atoms with Crippen molar-refractivity contribution in [2.75, 3.05) is 17.2 Å². The Morgan fingerprint density at radius 2 is 1.72 bits per heavy atom. The first-order valence-electron chi connectivity index (χ1n) is 10.7. The van der Waals surface area contributed by atoms with Gasteiger partial charge in [0, 0.05) is 28.8 Å². The highest BCUT2D eigenvalue weighted by Gasteiger charge is 2.34. The standard InChI is InChI=1S/C23H29N3O2S/c27-22(16-20-8-5-15-29-20)26-14-4-9-21(26)23(28)25-19-12-10-18(11-13-19)24-17-6-2-1-3-7-17/h5,8,10-13,15,17,21,24H,1-4,6-7,9,14,16H2,(H,25,28). The van der Waals surface area contributed by atoms with E-state index >= 15 is 0 Å². The minimum absolute atomic E-state index is 0.0390. The molecule has 1 saturated heterocycles. The van der Waals surface area contributed by atoms with E-state index in [0.717, 1.165) is 29.1 Å². The summed E-state index contributed by atoms with van der Waals surface area (Å²) in [5.41, 5.74) is 1.88. The molecule has 1 saturated carbocycles. The first-order chi connectivity index (χ1) is 14.2. The second kappa shape index (κ2) is 9.44. The summed E-state index contributed by atoms with van der Waals surface area (Å²) in [7, 11) is 0. The Morgan fingerprint density at radius 1 is 0.966 bits per heavy atom. The lowest BCUT2D eigenvalue weighted by molar-refractivity contribution is -0.136. The molecule has 2 N–H and O–H groups in total. The van der Waals surface area contributed by atoms with E-state index in [9.17, 15) is 9.59 Å². The maximum Gasteiger partial charge on any atom is 0.247 e. The molecule has 1 aromatic heterocycles. The van der Waals surface area contributed by atoms with Crippen LogP contribution in [0.4, 0.5) is 11.4 Å². The molecule has 1 aliphatic heterocycles. The van der Waals surface area contributed by atoms with E-state index in [4.69, 9.17) is 0 Å². The predicted molar refractivity (Wildman–Crippen MR) is 118 cm³/mol. The van der Waals surface area contributed by atoms with Crippen LogP contribution in [0, 0.1) is 0 Å². The van der Waals surface area contributed by atoms with Crippen molar-refractivity contribution in [1.82, 2.24) is 4.90 Å². The van der Waals surface area contributed by atoms with Crippen LogP contribution in [-0.4, -0.2) is 35.3 Å². The SMILES string of the molecule is O=C(Nc1ccc(NC2CCCCC2)cc1)C1CCCN1C(=O)Cc1cccs1. The molecular formula is C23H29N3O2S. The molecular weight excluding hydrogens is 382 g/mol. The fourth-order valence-corrected chi connectivity index (χ4v) is 5.06. The average molecular weight is 412 g/mol. The van der Waals surface area contributed by atoms with Crippen molar-refractivity contribution in [2.45, 2.75) is 63.5 Å². The Bertz CT molecular complexity index is 813. The van der Waals surface area contributed by atoms with Gasteiger partial charge in [-0.25, -0.2) is 0 Å². The first-order valence-corrected chi connectivity index (χ1v) is 11.6. The van der Waals surface area contributed by atoms with Crippen LogP contribution in [0.15, 0.2) is 41.8 Å². The van der Waals surface area contributed by atoms with Crippen molar-refractivity contribution in [3.8, 4) is 0 Å². The molecule has 5 nitrogen and oxygen atoms in total. The lowest BCUT2D eigenvalue weighted by Crippen LogP contribution is -2.43. The minimum atomic E-state index is -0.373. The molecule has 1 atom stereocenters. The monoisotopic (exact) mass is 411 g/mol. The summed E-state index contributed by atoms with van der Waals surface area (Å²) in [6, 6.07) is 12.0. The van der Waals surface area contributed by atoms with Crippen LogP contribution in [0.1, 0.15) is 49.8 Å². The molecule has 1 aliphatic carbocycles. The van der Waals surface area contributed by atoms with Crippen LogP contribution in [0.5, 0.6) is 0 Å². The van der Waals surface area contributed by atoms with Gasteiger partial charge in [0.2, 0.25) is 11.8 Å². The van der Waals surface area contributed by atoms with Crippen LogP contribution in [0.3, 0.4) is 0 Å². The Labute approximate surface area is 176 Å². The van der Waals surface area contributed by atoms with Gasteiger partial charge < -0.3 is 15.5 Å². The third-order valence-electron chi connectivity index (χ3n) is 5.91. The smallest absolute Gasteiger partial charge is 0.247 e. The number of carbonyl (C=O) groups excluding carboxylic acids is 2. The van der Waals surface area contributed by atoms with E-state index in [2.05, 4.69) is 10.6 Å². The summed E-state index contributed by atoms with van der Waals surface area (Å²) in [5, 5.41) is 8.57. The second-order valence-corrected chi connectivity index (χ2v) is 9.08. The number of rotatable bonds is 6. The Kier molecular flexibility index (Phi) is 6.49. The van der Waals surface area contributed by atoms with Crippen LogP contribution in [-0.2, 0) is 16.0 Å². The molecule has 1 aromatic carbocycles. The molecule has 0 bridgehead atoms. The van der Waals surface area contributed by atoms with E-state index in [1.165, 1.54) is 32.1 Å². The Balaban J connectivity index is 1.32. The van der Waals surface area contributed by atoms with E-state index < -0.39 is 0 Å². The number of nitrogens with one attached hydrogen (secondary N) is 2. The van der Waals surface area contributed by atoms with Crippen molar-refractivity contribution in [1.29, 1.82) is 0 Å². The van der Waals surface area contributed by atoms with Gasteiger partial charge in [0.05, 0.1) is 6.42 Å². The van der Waals surface area contributed by atoms with Crippen molar-refractivity contribution < 1.29 is 9.59 Å². The average Bonchev–Trinajstić information content (AvgIpc) is 3.42. The number of benzene rings is 1. The first kappa shape index (κ1) is 20.0. The molecule has 2 fully saturated rings. The number of carbonyl (C=O) groups is 2. The van der Waals surface area contributed by atoms with Crippen LogP contribution in [0.25, 0.3) is 0 Å². The summed E-state index contributed by atoms with van der Waals surface area (Å²) in [6.07, 6.45) is 8.39. The van der Waals surface area contributed by atoms with E-state index in [0.29, 0.717) is 19.0 Å². The van der Waals surface area contributed by atoms with Gasteiger partial charge >= 0.3 is 0 Å². The lowest BCUT2D eigenvalue weighted by atomic mass is 9.95. The predicted octanol–water partition coefficient (Wildman–Crippen LogP) is 4.66. The third kappa shape index (κ3) is 5.18. The minimum Gasteiger partial charge on any atom is -0.382 e. The number of hydrogen-bond acceptors (Lipinski definition) is 4. The highest BCUT2D eigenvalue weighted by molar-refractivity contribution is 7.10. The molecule has 1 unspecified atom stereocenters. The maximum absolute atomic E-state index is 12.8. The van der Waals surface area contributed by atoms with Gasteiger partial charge in [-0.05, 0) is 61.4 Å². The maximum atomic E-state index is 12.8. The number of hydrogen-bond donors (Lipinski definition) is 2. The zero-order chi connectivity index (χ0) is 20.1. The summed E-state index contributed by atoms with van der Waals surface area (Å²) in [4.78, 5) is 28.3. The quantitative estimate of drug-likeness (QED) is 0.726. The van der Waals surface area contributed by atoms with Crippen molar-refractivity contribution in [3.05, 3.63) is 46.7 Å². The molecule has 0 spiro atoms. The summed E-state index contributed by atoms with van der Waals surface area (Å²) in [5.74, 6) is -0.0489. The number of likely N-dealkylation sites (tertiary alicyclic amines) is 1. The van der Waals surface area contributed by atoms with Gasteiger partial charge in [0.25, 0.3) is 0 Å². The molecule has 2 aliphatic rings. The van der Waals surface area contributed by atoms with Gasteiger partial charge in [0.1, 0.15) is 6.04 Å². The Hall–Kier alpha value is -2.34. The van der Waals surface area contributed by atoms with Gasteiger partial charge in [-0.3, -0.25) is 9.59 Å². The van der Waals surface area contributed by atoms with Crippen molar-refractivity contribution >= 4 is 34.5 Å². The normalized spacial score (nSPS) is 19.9. The molecule has 4 rings (SSSR count). The number of amides is 2. The molecule has 0 radical (unpaired) electrons. The largest absolute Gasteiger partial charge is 0.382 e. The topological polar surface area (TPSA) is 61.4 Å². The summed E-state index contributed by atoms with van der Waals surface area (Å²) in [6.45, 7) is 0.659. The third-order valence-corrected chi connectivity index (χ3v) is 6.79. The van der Waals surface area contributed by atoms with Gasteiger partial charge in [-0.15, -0.1) is 11.3 Å². The summed E-state index contributed by atoms with van der Waals surface area (Å²) < 4.78 is 0. The van der Waals surface area contributed by atoms with Crippen LogP contribution >= 0.6 is 11.3 Å². The van der Waals surface area contributed by atoms with Gasteiger partial charge in [-0.1, -0.05) is 25.3 Å². The Morgan fingerprint density at radius 3 is 2.45 bits per heavy atom. The van der Waals surface area contributed by atoms with E-state index in [1.54, 1.807) is 16.2 Å². The fraction of sp³-hybridized carbons (Fsp3) is 0.478. The highest BCUT2D eigenvalue weighted by atomic mass is 32.1. The molecule has 2 amide bonds. The highest BCUT2D eigenvalue weighted by Crippen LogP contribution is 2.24. The molecule has 6 heteroatoms. The fourth-order valence-electron chi connectivity index (χ4n) is 4.36. The van der Waals surface area contributed by atoms with Crippen molar-refractivity contribution in [3.63, 3.8) is 0 Å². The number of nitrogens with zero attached hydrogens (tertiary/aromatic N) is 1. The van der Waals surface area contributed by atoms with Crippen LogP contribution < -0.4 is 10.6 Å². The molecule has 2 aromatic rings. The molecule has 154 valence electrons. The molecule has 2 heterocycles. The van der Waals surface area contributed by atoms with Gasteiger partial charge in [0.15, 0.2) is 0 Å². The second-order valence-electron chi connectivity index (χ2n) is 8.05. The van der Waals surface area contributed by atoms with E-state index in [1.807, 2.05) is 41.8 Å². The van der Waals surface area contributed by atoms with Crippen molar-refractivity contribution in [2.24, 2.45) is 0 Å². The molecule has 29 heavy (non-hydrogen) atoms. The van der Waals surface area contributed by atoms with E-state index in [-0.39, 0.29) is 17.9 Å². The lowest BCUT2D eigenvalue weighted by Gasteiger charge is -2.25. The number of thiophene rings is 1. The zero-order valence-electron chi connectivity index (χ0n) is 16.7.